The first-order valence-corrected chi connectivity index (χ1v) is 38.3. The first-order valence-electron chi connectivity index (χ1n) is 36.7. The molecule has 0 N–H and O–H groups in total. The van der Waals surface area contributed by atoms with E-state index in [1.54, 1.807) is 0 Å². The molecule has 17 aromatic carbocycles. The van der Waals surface area contributed by atoms with Gasteiger partial charge in [-0.25, -0.2) is 0 Å². The van der Waals surface area contributed by atoms with Gasteiger partial charge < -0.3 is 18.6 Å². The van der Waals surface area contributed by atoms with E-state index >= 15 is 0 Å². The Morgan fingerprint density at radius 2 is 0.528 bits per heavy atom. The summed E-state index contributed by atoms with van der Waals surface area (Å²) in [6.45, 7) is 0. The predicted molar refractivity (Wildman–Crippen MR) is 460 cm³/mol. The second-order valence-electron chi connectivity index (χ2n) is 27.8. The van der Waals surface area contributed by atoms with E-state index in [0.717, 1.165) is 123 Å². The van der Waals surface area contributed by atoms with Crippen LogP contribution in [0.1, 0.15) is 0 Å². The van der Waals surface area contributed by atoms with Gasteiger partial charge in [0, 0.05) is 73.7 Å². The molecule has 0 fully saturated rings. The minimum atomic E-state index is 0.851. The molecular formula is C102H64N2O2S2. The zero-order valence-corrected chi connectivity index (χ0v) is 60.1. The second-order valence-corrected chi connectivity index (χ2v) is 29.9. The molecule has 4 heterocycles. The SMILES string of the molecule is c1ccc(-c2cc(-c3ccc(-c4ccc5sc6c(-c7ccc(N(c8ccccc8-c8cccc(-c9ccccc9)c8)c8cccc9oc%10ccccc%10c89)cc7)cccc6c5c4)cc3)cc(-c3ccc(N(c4ccc(-c5cccc6c5sc5ccccc56)cc4)c4cccc5oc6ccccc6c45)cc3)c2)cc1. The zero-order valence-electron chi connectivity index (χ0n) is 58.5. The van der Waals surface area contributed by atoms with Gasteiger partial charge in [-0.15, -0.1) is 22.7 Å². The molecular weight excluding hydrogens is 1350 g/mol. The molecule has 0 saturated carbocycles. The Bertz CT molecular complexity index is 7030. The summed E-state index contributed by atoms with van der Waals surface area (Å²) >= 11 is 3.73. The molecule has 0 spiro atoms. The van der Waals surface area contributed by atoms with Gasteiger partial charge in [0.15, 0.2) is 0 Å². The summed E-state index contributed by atoms with van der Waals surface area (Å²) in [5, 5.41) is 9.43. The first-order chi connectivity index (χ1) is 53.5. The van der Waals surface area contributed by atoms with Crippen molar-refractivity contribution in [3.05, 3.63) is 388 Å². The van der Waals surface area contributed by atoms with E-state index in [0.29, 0.717) is 0 Å². The summed E-state index contributed by atoms with van der Waals surface area (Å²) < 4.78 is 18.2. The Hall–Kier alpha value is -13.6. The smallest absolute Gasteiger partial charge is 0.137 e. The maximum absolute atomic E-state index is 6.55. The molecule has 0 radical (unpaired) electrons. The fourth-order valence-electron chi connectivity index (χ4n) is 16.3. The van der Waals surface area contributed by atoms with Crippen LogP contribution in [0.15, 0.2) is 397 Å². The lowest BCUT2D eigenvalue weighted by Gasteiger charge is -2.29. The van der Waals surface area contributed by atoms with Crippen molar-refractivity contribution in [1.82, 2.24) is 0 Å². The summed E-state index contributed by atoms with van der Waals surface area (Å²) in [6.07, 6.45) is 0. The average molecular weight is 1410 g/mol. The van der Waals surface area contributed by atoms with E-state index in [2.05, 4.69) is 386 Å². The monoisotopic (exact) mass is 1410 g/mol. The Kier molecular flexibility index (Phi) is 15.3. The van der Waals surface area contributed by atoms with E-state index in [1.165, 1.54) is 84.9 Å². The summed E-state index contributed by atoms with van der Waals surface area (Å²) in [5.74, 6) is 0. The molecule has 0 atom stereocenters. The van der Waals surface area contributed by atoms with Gasteiger partial charge in [0.2, 0.25) is 0 Å². The Balaban J connectivity index is 0.602. The summed E-state index contributed by atoms with van der Waals surface area (Å²) in [5.41, 5.74) is 28.4. The van der Waals surface area contributed by atoms with Crippen LogP contribution in [0.25, 0.3) is 173 Å². The standard InChI is InChI=1S/C102H64N2O2S2/c1-3-20-65(21-4-1)72-24-15-25-74(60-72)81-26-7-11-34-90(81)104(92-36-19-40-96-100(92)88-29-9-13-38-94(88)106-96)80-57-50-71(51-58-80)83-31-17-33-86-89-64-73(52-59-98(89)108-102(83)86)67-42-44-68(45-43-67)76-61-75(66-22-5-2-6-23-66)62-77(63-76)69-46-53-78(54-47-69)103(91-35-18-39-95-99(91)87-28-8-12-37-93(87)105-95)79-55-48-70(49-56-79)82-30-16-32-85-84-27-10-14-41-97(84)107-101(82)85/h1-64H. The number of hydrogen-bond acceptors (Lipinski definition) is 6. The van der Waals surface area contributed by atoms with Crippen molar-refractivity contribution in [2.24, 2.45) is 0 Å². The summed E-state index contributed by atoms with van der Waals surface area (Å²) in [6, 6.07) is 141. The van der Waals surface area contributed by atoms with Crippen LogP contribution in [0.2, 0.25) is 0 Å². The highest BCUT2D eigenvalue weighted by Crippen LogP contribution is 2.50. The molecule has 4 aromatic heterocycles. The van der Waals surface area contributed by atoms with Crippen LogP contribution in [0.5, 0.6) is 0 Å². The maximum Gasteiger partial charge on any atom is 0.137 e. The third-order valence-electron chi connectivity index (χ3n) is 21.5. The number of fused-ring (bicyclic) bond motifs is 12. The van der Waals surface area contributed by atoms with Crippen molar-refractivity contribution in [2.75, 3.05) is 9.80 Å². The van der Waals surface area contributed by atoms with Crippen LogP contribution in [-0.2, 0) is 0 Å². The molecule has 4 nitrogen and oxygen atoms in total. The molecule has 0 aliphatic carbocycles. The Morgan fingerprint density at radius 3 is 1.11 bits per heavy atom. The third kappa shape index (κ3) is 11.0. The Labute approximate surface area is 632 Å². The highest BCUT2D eigenvalue weighted by molar-refractivity contribution is 7.26. The summed E-state index contributed by atoms with van der Waals surface area (Å²) in [7, 11) is 0. The number of rotatable bonds is 14. The van der Waals surface area contributed by atoms with Crippen LogP contribution in [-0.4, -0.2) is 0 Å². The topological polar surface area (TPSA) is 32.8 Å². The van der Waals surface area contributed by atoms with Crippen molar-refractivity contribution in [3.8, 4) is 89.0 Å². The third-order valence-corrected chi connectivity index (χ3v) is 23.9. The van der Waals surface area contributed by atoms with Crippen molar-refractivity contribution in [3.63, 3.8) is 0 Å². The van der Waals surface area contributed by atoms with Crippen LogP contribution in [0.3, 0.4) is 0 Å². The van der Waals surface area contributed by atoms with Gasteiger partial charge >= 0.3 is 0 Å². The molecule has 21 aromatic rings. The molecule has 21 rings (SSSR count). The van der Waals surface area contributed by atoms with Gasteiger partial charge in [-0.1, -0.05) is 267 Å². The Morgan fingerprint density at radius 1 is 0.185 bits per heavy atom. The predicted octanol–water partition coefficient (Wildman–Crippen LogP) is 30.5. The maximum atomic E-state index is 6.55. The molecule has 0 aliphatic rings. The van der Waals surface area contributed by atoms with Crippen molar-refractivity contribution in [1.29, 1.82) is 0 Å². The summed E-state index contributed by atoms with van der Waals surface area (Å²) in [4.78, 5) is 4.80. The van der Waals surface area contributed by atoms with Crippen LogP contribution in [0, 0.1) is 0 Å². The molecule has 0 saturated heterocycles. The van der Waals surface area contributed by atoms with Crippen LogP contribution in [0.4, 0.5) is 34.1 Å². The van der Waals surface area contributed by atoms with Gasteiger partial charge in [0.25, 0.3) is 0 Å². The van der Waals surface area contributed by atoms with Crippen LogP contribution < -0.4 is 9.80 Å². The lowest BCUT2D eigenvalue weighted by molar-refractivity contribution is 0.668. The van der Waals surface area contributed by atoms with Crippen molar-refractivity contribution < 1.29 is 8.83 Å². The van der Waals surface area contributed by atoms with Gasteiger partial charge in [0.1, 0.15) is 22.3 Å². The molecule has 0 aliphatic heterocycles. The minimum Gasteiger partial charge on any atom is -0.456 e. The largest absolute Gasteiger partial charge is 0.456 e. The van der Waals surface area contributed by atoms with Gasteiger partial charge in [-0.3, -0.25) is 0 Å². The highest BCUT2D eigenvalue weighted by atomic mass is 32.1. The first kappa shape index (κ1) is 62.9. The highest BCUT2D eigenvalue weighted by Gasteiger charge is 2.25. The van der Waals surface area contributed by atoms with Crippen molar-refractivity contribution in [2.45, 2.75) is 0 Å². The molecule has 0 amide bonds. The van der Waals surface area contributed by atoms with E-state index in [-0.39, 0.29) is 0 Å². The molecule has 6 heteroatoms. The molecule has 108 heavy (non-hydrogen) atoms. The minimum absolute atomic E-state index is 0.851. The van der Waals surface area contributed by atoms with E-state index in [1.807, 2.05) is 34.8 Å². The fraction of sp³-hybridized carbons (Fsp3) is 0. The second kappa shape index (κ2) is 26.2. The number of hydrogen-bond donors (Lipinski definition) is 0. The van der Waals surface area contributed by atoms with E-state index < -0.39 is 0 Å². The average Bonchev–Trinajstić information content (AvgIpc) is 1.55. The quantitative estimate of drug-likeness (QED) is 0.109. The van der Waals surface area contributed by atoms with Gasteiger partial charge in [0.05, 0.1) is 27.8 Å². The number of thiophene rings is 2. The van der Waals surface area contributed by atoms with E-state index in [9.17, 15) is 0 Å². The molecule has 506 valence electrons. The normalized spacial score (nSPS) is 11.7. The number of para-hydroxylation sites is 3. The van der Waals surface area contributed by atoms with Gasteiger partial charge in [-0.05, 0) is 205 Å². The lowest BCUT2D eigenvalue weighted by atomic mass is 9.92. The van der Waals surface area contributed by atoms with Crippen molar-refractivity contribution >= 4 is 141 Å². The molecule has 0 bridgehead atoms. The van der Waals surface area contributed by atoms with Crippen LogP contribution >= 0.6 is 22.7 Å². The molecule has 0 unspecified atom stereocenters. The fourth-order valence-corrected chi connectivity index (χ4v) is 18.8. The number of anilines is 6. The number of furan rings is 2. The van der Waals surface area contributed by atoms with Gasteiger partial charge in [-0.2, -0.15) is 0 Å². The zero-order chi connectivity index (χ0) is 71.2. The number of benzene rings is 17. The lowest BCUT2D eigenvalue weighted by Crippen LogP contribution is -2.11. The van der Waals surface area contributed by atoms with E-state index in [4.69, 9.17) is 8.83 Å². The number of nitrogens with zero attached hydrogens (tertiary/aromatic N) is 2.